The molecular formula is C16H18N2O4S. The van der Waals surface area contributed by atoms with Gasteiger partial charge in [0.05, 0.1) is 29.6 Å². The Kier molecular flexibility index (Phi) is 3.15. The lowest BCUT2D eigenvalue weighted by Gasteiger charge is -2.17. The van der Waals surface area contributed by atoms with Crippen LogP contribution in [0.5, 0.6) is 0 Å². The average Bonchev–Trinajstić information content (AvgIpc) is 3.22. The highest BCUT2D eigenvalue weighted by Crippen LogP contribution is 2.51. The summed E-state index contributed by atoms with van der Waals surface area (Å²) < 4.78 is 5.74. The highest BCUT2D eigenvalue weighted by molar-refractivity contribution is 7.17. The molecule has 6 nitrogen and oxygen atoms in total. The number of hydrogen-bond acceptors (Lipinski definition) is 5. The molecule has 3 fully saturated rings. The van der Waals surface area contributed by atoms with E-state index in [1.807, 2.05) is 13.8 Å². The summed E-state index contributed by atoms with van der Waals surface area (Å²) in [6, 6.07) is 0. The van der Waals surface area contributed by atoms with Gasteiger partial charge >= 0.3 is 0 Å². The third-order valence-electron chi connectivity index (χ3n) is 5.28. The number of primary amides is 1. The van der Waals surface area contributed by atoms with Gasteiger partial charge in [0.1, 0.15) is 5.00 Å². The molecule has 3 aliphatic rings. The van der Waals surface area contributed by atoms with Crippen LogP contribution >= 0.6 is 11.3 Å². The molecule has 122 valence electrons. The predicted octanol–water partition coefficient (Wildman–Crippen LogP) is 1.38. The van der Waals surface area contributed by atoms with Crippen LogP contribution in [0.4, 0.5) is 5.00 Å². The molecule has 4 atom stereocenters. The van der Waals surface area contributed by atoms with E-state index < -0.39 is 17.7 Å². The van der Waals surface area contributed by atoms with E-state index in [1.165, 1.54) is 16.2 Å². The molecule has 4 rings (SSSR count). The van der Waals surface area contributed by atoms with E-state index in [9.17, 15) is 14.4 Å². The summed E-state index contributed by atoms with van der Waals surface area (Å²) in [7, 11) is 0. The molecule has 3 amide bonds. The minimum atomic E-state index is -0.585. The van der Waals surface area contributed by atoms with Crippen molar-refractivity contribution >= 4 is 34.1 Å². The number of nitrogens with two attached hydrogens (primary N) is 1. The maximum atomic E-state index is 12.9. The summed E-state index contributed by atoms with van der Waals surface area (Å²) in [5, 5.41) is 0.399. The van der Waals surface area contributed by atoms with Crippen molar-refractivity contribution in [3.8, 4) is 0 Å². The summed E-state index contributed by atoms with van der Waals surface area (Å²) in [5.41, 5.74) is 6.69. The Hall–Kier alpha value is -1.73. The molecule has 2 bridgehead atoms. The fourth-order valence-electron chi connectivity index (χ4n) is 4.31. The number of anilines is 1. The van der Waals surface area contributed by atoms with E-state index in [1.54, 1.807) is 0 Å². The van der Waals surface area contributed by atoms with Crippen LogP contribution in [0.2, 0.25) is 0 Å². The van der Waals surface area contributed by atoms with Crippen LogP contribution in [0.25, 0.3) is 0 Å². The van der Waals surface area contributed by atoms with Gasteiger partial charge in [0.25, 0.3) is 5.91 Å². The zero-order valence-electron chi connectivity index (χ0n) is 13.0. The molecule has 1 aromatic heterocycles. The molecule has 2 N–H and O–H groups in total. The van der Waals surface area contributed by atoms with Crippen LogP contribution < -0.4 is 10.6 Å². The third kappa shape index (κ3) is 1.80. The number of nitrogens with zero attached hydrogens (tertiary/aromatic N) is 1. The molecule has 0 radical (unpaired) electrons. The van der Waals surface area contributed by atoms with Crippen molar-refractivity contribution in [1.82, 2.24) is 0 Å². The molecule has 0 aromatic carbocycles. The largest absolute Gasteiger partial charge is 0.373 e. The van der Waals surface area contributed by atoms with E-state index in [2.05, 4.69) is 0 Å². The quantitative estimate of drug-likeness (QED) is 0.846. The zero-order valence-corrected chi connectivity index (χ0v) is 13.8. The number of aryl methyl sites for hydroxylation is 1. The van der Waals surface area contributed by atoms with Crippen LogP contribution in [0.1, 0.15) is 40.6 Å². The Morgan fingerprint density at radius 3 is 2.30 bits per heavy atom. The summed E-state index contributed by atoms with van der Waals surface area (Å²) in [6.45, 7) is 3.82. The Labute approximate surface area is 137 Å². The minimum absolute atomic E-state index is 0.157. The van der Waals surface area contributed by atoms with E-state index in [-0.39, 0.29) is 24.0 Å². The van der Waals surface area contributed by atoms with Crippen molar-refractivity contribution in [2.45, 2.75) is 45.3 Å². The molecular weight excluding hydrogens is 316 g/mol. The topological polar surface area (TPSA) is 89.7 Å². The van der Waals surface area contributed by atoms with E-state index in [4.69, 9.17) is 10.5 Å². The summed E-state index contributed by atoms with van der Waals surface area (Å²) >= 11 is 1.30. The number of amides is 3. The van der Waals surface area contributed by atoms with Crippen molar-refractivity contribution in [1.29, 1.82) is 0 Å². The molecule has 3 aliphatic heterocycles. The van der Waals surface area contributed by atoms with Crippen LogP contribution in [0.3, 0.4) is 0 Å². The van der Waals surface area contributed by atoms with Gasteiger partial charge in [0.2, 0.25) is 11.8 Å². The fourth-order valence-corrected chi connectivity index (χ4v) is 5.57. The predicted molar refractivity (Wildman–Crippen MR) is 84.3 cm³/mol. The molecule has 1 aromatic rings. The average molecular weight is 334 g/mol. The second-order valence-corrected chi connectivity index (χ2v) is 7.59. The monoisotopic (exact) mass is 334 g/mol. The maximum Gasteiger partial charge on any atom is 0.252 e. The van der Waals surface area contributed by atoms with E-state index in [0.717, 1.165) is 23.3 Å². The highest BCUT2D eigenvalue weighted by atomic mass is 32.1. The number of hydrogen-bond donors (Lipinski definition) is 1. The fraction of sp³-hybridized carbons (Fsp3) is 0.562. The number of carbonyl (C=O) groups excluding carboxylic acids is 3. The lowest BCUT2D eigenvalue weighted by Crippen LogP contribution is -2.35. The SMILES string of the molecule is CCc1c(C)sc(N2C(=O)[C@H]3[C@H](C2=O)[C@H]2CC[C@H]3O2)c1C(N)=O. The Morgan fingerprint density at radius 2 is 1.83 bits per heavy atom. The van der Waals surface area contributed by atoms with Gasteiger partial charge in [-0.25, -0.2) is 4.90 Å². The Morgan fingerprint density at radius 1 is 1.26 bits per heavy atom. The van der Waals surface area contributed by atoms with Crippen molar-refractivity contribution in [3.63, 3.8) is 0 Å². The van der Waals surface area contributed by atoms with Gasteiger partial charge in [-0.3, -0.25) is 14.4 Å². The van der Waals surface area contributed by atoms with Crippen molar-refractivity contribution in [2.24, 2.45) is 17.6 Å². The number of fused-ring (bicyclic) bond motifs is 5. The molecule has 0 unspecified atom stereocenters. The second kappa shape index (κ2) is 4.88. The maximum absolute atomic E-state index is 12.9. The molecule has 0 spiro atoms. The van der Waals surface area contributed by atoms with Gasteiger partial charge in [0, 0.05) is 4.88 Å². The van der Waals surface area contributed by atoms with Gasteiger partial charge in [-0.1, -0.05) is 6.92 Å². The molecule has 0 saturated carbocycles. The lowest BCUT2D eigenvalue weighted by atomic mass is 9.81. The molecule has 0 aliphatic carbocycles. The van der Waals surface area contributed by atoms with E-state index in [0.29, 0.717) is 17.0 Å². The van der Waals surface area contributed by atoms with Crippen LogP contribution in [-0.2, 0) is 20.7 Å². The number of carbonyl (C=O) groups is 3. The Balaban J connectivity index is 1.82. The van der Waals surface area contributed by atoms with Crippen molar-refractivity contribution < 1.29 is 19.1 Å². The number of rotatable bonds is 3. The molecule has 3 saturated heterocycles. The van der Waals surface area contributed by atoms with Gasteiger partial charge in [-0.2, -0.15) is 0 Å². The van der Waals surface area contributed by atoms with Crippen molar-refractivity contribution in [2.75, 3.05) is 4.90 Å². The lowest BCUT2D eigenvalue weighted by molar-refractivity contribution is -0.124. The summed E-state index contributed by atoms with van der Waals surface area (Å²) in [5.74, 6) is -1.85. The van der Waals surface area contributed by atoms with Gasteiger partial charge in [0.15, 0.2) is 0 Å². The van der Waals surface area contributed by atoms with Crippen LogP contribution in [-0.4, -0.2) is 29.9 Å². The first kappa shape index (κ1) is 14.8. The third-order valence-corrected chi connectivity index (χ3v) is 6.41. The molecule has 23 heavy (non-hydrogen) atoms. The first-order valence-corrected chi connectivity index (χ1v) is 8.72. The summed E-state index contributed by atoms with van der Waals surface area (Å²) in [6.07, 6.45) is 1.97. The van der Waals surface area contributed by atoms with Crippen molar-refractivity contribution in [3.05, 3.63) is 16.0 Å². The van der Waals surface area contributed by atoms with Gasteiger partial charge in [-0.15, -0.1) is 11.3 Å². The summed E-state index contributed by atoms with van der Waals surface area (Å²) in [4.78, 5) is 39.8. The highest BCUT2D eigenvalue weighted by Gasteiger charge is 2.63. The molecule has 4 heterocycles. The first-order chi connectivity index (χ1) is 11.0. The van der Waals surface area contributed by atoms with Gasteiger partial charge < -0.3 is 10.5 Å². The number of ether oxygens (including phenoxy) is 1. The van der Waals surface area contributed by atoms with Crippen LogP contribution in [0.15, 0.2) is 0 Å². The number of thiophene rings is 1. The normalized spacial score (nSPS) is 32.0. The Bertz CT molecular complexity index is 713. The first-order valence-electron chi connectivity index (χ1n) is 7.91. The van der Waals surface area contributed by atoms with Crippen LogP contribution in [0, 0.1) is 18.8 Å². The minimum Gasteiger partial charge on any atom is -0.373 e. The number of imide groups is 1. The van der Waals surface area contributed by atoms with Gasteiger partial charge in [-0.05, 0) is 31.7 Å². The second-order valence-electron chi connectivity index (χ2n) is 6.39. The van der Waals surface area contributed by atoms with E-state index >= 15 is 0 Å². The smallest absolute Gasteiger partial charge is 0.252 e. The standard InChI is InChI=1S/C16H18N2O4S/c1-3-7-6(2)23-16(10(7)13(17)19)18-14(20)11-8-4-5-9(22-8)12(11)15(18)21/h8-9,11-12H,3-5H2,1-2H3,(H2,17,19)/t8-,9-,11-,12-/m1/s1. The molecule has 7 heteroatoms. The zero-order chi connectivity index (χ0) is 16.5.